The number of carboxylic acids is 1. The predicted octanol–water partition coefficient (Wildman–Crippen LogP) is 0.387. The molecule has 1 aliphatic rings. The van der Waals surface area contributed by atoms with Gasteiger partial charge in [-0.05, 0) is 44.0 Å². The van der Waals surface area contributed by atoms with Gasteiger partial charge in [-0.1, -0.05) is 0 Å². The van der Waals surface area contributed by atoms with Crippen molar-refractivity contribution in [2.45, 2.75) is 43.7 Å². The van der Waals surface area contributed by atoms with Crippen LogP contribution in [0.5, 0.6) is 0 Å². The highest BCUT2D eigenvalue weighted by atomic mass is 32.2. The number of sulfonamides is 1. The Morgan fingerprint density at radius 3 is 2.27 bits per heavy atom. The van der Waals surface area contributed by atoms with Gasteiger partial charge in [0.1, 0.15) is 6.54 Å². The molecular weight excluding hydrogens is 362 g/mol. The maximum Gasteiger partial charge on any atom is 0.323 e. The van der Waals surface area contributed by atoms with E-state index in [4.69, 9.17) is 5.11 Å². The molecule has 0 bridgehead atoms. The second-order valence-corrected chi connectivity index (χ2v) is 7.85. The average Bonchev–Trinajstić information content (AvgIpc) is 3.36. The fraction of sp³-hybridized carbons (Fsp3) is 0.438. The van der Waals surface area contributed by atoms with Gasteiger partial charge in [0.2, 0.25) is 21.8 Å². The minimum absolute atomic E-state index is 0.0672. The van der Waals surface area contributed by atoms with Crippen molar-refractivity contribution < 1.29 is 27.9 Å². The summed E-state index contributed by atoms with van der Waals surface area (Å²) in [6.07, 6.45) is 1.42. The third-order valence-corrected chi connectivity index (χ3v) is 5.32. The molecule has 1 saturated carbocycles. The molecule has 1 aromatic carbocycles. The summed E-state index contributed by atoms with van der Waals surface area (Å²) in [5, 5.41) is 11.5. The monoisotopic (exact) mass is 383 g/mol. The molecule has 1 fully saturated rings. The summed E-state index contributed by atoms with van der Waals surface area (Å²) >= 11 is 0. The molecule has 0 radical (unpaired) electrons. The molecule has 2 amide bonds. The summed E-state index contributed by atoms with van der Waals surface area (Å²) in [6, 6.07) is 4.23. The number of carboxylic acid groups (broad SMARTS) is 1. The quantitative estimate of drug-likeness (QED) is 0.595. The Kier molecular flexibility index (Phi) is 5.98. The van der Waals surface area contributed by atoms with Gasteiger partial charge in [-0.15, -0.1) is 0 Å². The summed E-state index contributed by atoms with van der Waals surface area (Å²) in [6.45, 7) is 2.26. The second-order valence-electron chi connectivity index (χ2n) is 6.14. The molecule has 1 aromatic rings. The number of anilines is 1. The summed E-state index contributed by atoms with van der Waals surface area (Å²) in [4.78, 5) is 35.5. The van der Waals surface area contributed by atoms with Gasteiger partial charge in [-0.2, -0.15) is 4.72 Å². The molecule has 1 aliphatic carbocycles. The minimum Gasteiger partial charge on any atom is -0.480 e. The van der Waals surface area contributed by atoms with E-state index in [2.05, 4.69) is 10.0 Å². The van der Waals surface area contributed by atoms with Crippen molar-refractivity contribution in [3.8, 4) is 0 Å². The highest BCUT2D eigenvalue weighted by molar-refractivity contribution is 7.89. The van der Waals surface area contributed by atoms with Gasteiger partial charge in [0.25, 0.3) is 0 Å². The molecule has 0 spiro atoms. The molecule has 9 nitrogen and oxygen atoms in total. The zero-order chi connectivity index (χ0) is 19.5. The number of nitrogens with zero attached hydrogens (tertiary/aromatic N) is 1. The normalized spacial score (nSPS) is 15.2. The van der Waals surface area contributed by atoms with Crippen LogP contribution in [0.25, 0.3) is 0 Å². The maximum absolute atomic E-state index is 12.4. The largest absolute Gasteiger partial charge is 0.480 e. The highest BCUT2D eigenvalue weighted by Crippen LogP contribution is 2.27. The van der Waals surface area contributed by atoms with Crippen LogP contribution in [0.2, 0.25) is 0 Å². The van der Waals surface area contributed by atoms with E-state index in [1.807, 2.05) is 0 Å². The Balaban J connectivity index is 2.08. The zero-order valence-corrected chi connectivity index (χ0v) is 15.2. The number of amides is 2. The molecule has 142 valence electrons. The van der Waals surface area contributed by atoms with Crippen LogP contribution in [0, 0.1) is 0 Å². The van der Waals surface area contributed by atoms with E-state index >= 15 is 0 Å². The van der Waals surface area contributed by atoms with E-state index in [0.717, 1.165) is 0 Å². The van der Waals surface area contributed by atoms with Crippen LogP contribution in [0.15, 0.2) is 29.2 Å². The first-order valence-corrected chi connectivity index (χ1v) is 9.50. The SMILES string of the molecule is CC(=O)Nc1ccc(S(=O)(=O)NC(C)C(=O)N(CC(=O)O)C2CC2)cc1. The first-order chi connectivity index (χ1) is 12.1. The average molecular weight is 383 g/mol. The molecule has 0 aliphatic heterocycles. The lowest BCUT2D eigenvalue weighted by molar-refractivity contribution is -0.145. The van der Waals surface area contributed by atoms with Gasteiger partial charge in [0.05, 0.1) is 10.9 Å². The predicted molar refractivity (Wildman–Crippen MR) is 92.9 cm³/mol. The summed E-state index contributed by atoms with van der Waals surface area (Å²) in [7, 11) is -3.97. The summed E-state index contributed by atoms with van der Waals surface area (Å²) in [5.41, 5.74) is 0.446. The van der Waals surface area contributed by atoms with Gasteiger partial charge < -0.3 is 15.3 Å². The Morgan fingerprint density at radius 2 is 1.81 bits per heavy atom. The van der Waals surface area contributed by atoms with Crippen molar-refractivity contribution in [2.75, 3.05) is 11.9 Å². The lowest BCUT2D eigenvalue weighted by Gasteiger charge is -2.24. The van der Waals surface area contributed by atoms with Crippen molar-refractivity contribution in [3.05, 3.63) is 24.3 Å². The van der Waals surface area contributed by atoms with Crippen molar-refractivity contribution in [3.63, 3.8) is 0 Å². The van der Waals surface area contributed by atoms with Crippen LogP contribution >= 0.6 is 0 Å². The molecule has 0 saturated heterocycles. The van der Waals surface area contributed by atoms with E-state index in [1.54, 1.807) is 0 Å². The molecule has 0 heterocycles. The van der Waals surface area contributed by atoms with E-state index in [9.17, 15) is 22.8 Å². The Labute approximate surface area is 151 Å². The lowest BCUT2D eigenvalue weighted by Crippen LogP contribution is -2.49. The van der Waals surface area contributed by atoms with Crippen LogP contribution in [0.4, 0.5) is 5.69 Å². The number of aliphatic carboxylic acids is 1. The Hall–Kier alpha value is -2.46. The van der Waals surface area contributed by atoms with Gasteiger partial charge in [0, 0.05) is 18.7 Å². The number of benzene rings is 1. The molecule has 10 heteroatoms. The van der Waals surface area contributed by atoms with Crippen LogP contribution in [-0.4, -0.2) is 54.8 Å². The maximum atomic E-state index is 12.4. The van der Waals surface area contributed by atoms with Gasteiger partial charge in [-0.3, -0.25) is 14.4 Å². The zero-order valence-electron chi connectivity index (χ0n) is 14.4. The lowest BCUT2D eigenvalue weighted by atomic mass is 10.3. The third-order valence-electron chi connectivity index (χ3n) is 3.76. The van der Waals surface area contributed by atoms with Gasteiger partial charge in [0.15, 0.2) is 0 Å². The number of rotatable bonds is 8. The number of nitrogens with one attached hydrogen (secondary N) is 2. The van der Waals surface area contributed by atoms with Gasteiger partial charge in [-0.25, -0.2) is 8.42 Å². The van der Waals surface area contributed by atoms with E-state index < -0.39 is 34.5 Å². The fourth-order valence-corrected chi connectivity index (χ4v) is 3.64. The van der Waals surface area contributed by atoms with E-state index in [-0.39, 0.29) is 16.8 Å². The fourth-order valence-electron chi connectivity index (χ4n) is 2.44. The molecule has 1 unspecified atom stereocenters. The highest BCUT2D eigenvalue weighted by Gasteiger charge is 2.36. The summed E-state index contributed by atoms with van der Waals surface area (Å²) in [5.74, 6) is -2.00. The van der Waals surface area contributed by atoms with Crippen molar-refractivity contribution in [2.24, 2.45) is 0 Å². The number of hydrogen-bond donors (Lipinski definition) is 3. The smallest absolute Gasteiger partial charge is 0.323 e. The van der Waals surface area contributed by atoms with E-state index in [1.165, 1.54) is 43.0 Å². The minimum atomic E-state index is -3.97. The molecule has 26 heavy (non-hydrogen) atoms. The Morgan fingerprint density at radius 1 is 1.23 bits per heavy atom. The van der Waals surface area contributed by atoms with Crippen LogP contribution in [-0.2, 0) is 24.4 Å². The van der Waals surface area contributed by atoms with Crippen molar-refractivity contribution in [1.82, 2.24) is 9.62 Å². The Bertz CT molecular complexity index is 802. The molecular formula is C16H21N3O6S. The van der Waals surface area contributed by atoms with Gasteiger partial charge >= 0.3 is 5.97 Å². The number of hydrogen-bond acceptors (Lipinski definition) is 5. The standard InChI is InChI=1S/C16H21N3O6S/c1-10(16(23)19(9-15(21)22)13-5-6-13)18-26(24,25)14-7-3-12(4-8-14)17-11(2)20/h3-4,7-8,10,13,18H,5-6,9H2,1-2H3,(H,17,20)(H,21,22). The van der Waals surface area contributed by atoms with E-state index in [0.29, 0.717) is 18.5 Å². The molecule has 1 atom stereocenters. The molecule has 2 rings (SSSR count). The van der Waals surface area contributed by atoms with Crippen LogP contribution < -0.4 is 10.0 Å². The number of carbonyl (C=O) groups is 3. The second kappa shape index (κ2) is 7.83. The first-order valence-electron chi connectivity index (χ1n) is 8.02. The summed E-state index contributed by atoms with van der Waals surface area (Å²) < 4.78 is 27.1. The first kappa shape index (κ1) is 19.9. The van der Waals surface area contributed by atoms with Crippen LogP contribution in [0.1, 0.15) is 26.7 Å². The molecule has 0 aromatic heterocycles. The van der Waals surface area contributed by atoms with Crippen LogP contribution in [0.3, 0.4) is 0 Å². The molecule has 3 N–H and O–H groups in total. The number of carbonyl (C=O) groups excluding carboxylic acids is 2. The van der Waals surface area contributed by atoms with Crippen molar-refractivity contribution in [1.29, 1.82) is 0 Å². The topological polar surface area (TPSA) is 133 Å². The third kappa shape index (κ3) is 5.27. The van der Waals surface area contributed by atoms with Crippen molar-refractivity contribution >= 4 is 33.5 Å².